The zero-order chi connectivity index (χ0) is 19.9. The van der Waals surface area contributed by atoms with Gasteiger partial charge in [0.25, 0.3) is 5.91 Å². The lowest BCUT2D eigenvalue weighted by atomic mass is 10.2. The average Bonchev–Trinajstić information content (AvgIpc) is 2.79. The summed E-state index contributed by atoms with van der Waals surface area (Å²) in [6.45, 7) is 0.325. The fraction of sp³-hybridized carbons (Fsp3) is 0.0435. The van der Waals surface area contributed by atoms with Crippen molar-refractivity contribution in [1.29, 1.82) is 0 Å². The van der Waals surface area contributed by atoms with Crippen molar-refractivity contribution in [3.05, 3.63) is 103 Å². The number of rotatable bonds is 6. The van der Waals surface area contributed by atoms with Crippen LogP contribution in [0.15, 0.2) is 91.1 Å². The number of benzene rings is 2. The van der Waals surface area contributed by atoms with E-state index in [0.717, 1.165) is 16.9 Å². The Balaban J connectivity index is 1.62. The summed E-state index contributed by atoms with van der Waals surface area (Å²) in [7, 11) is 0. The monoisotopic (exact) mass is 381 g/mol. The molecule has 0 atom stereocenters. The number of nitrogens with one attached hydrogen (secondary N) is 2. The van der Waals surface area contributed by atoms with E-state index in [0.29, 0.717) is 18.2 Å². The van der Waals surface area contributed by atoms with Crippen LogP contribution in [0.1, 0.15) is 16.2 Å². The normalized spacial score (nSPS) is 10.3. The minimum absolute atomic E-state index is 0.285. The SMILES string of the molecule is O=C(NCc1ccccn1)c1cc(Nc2ccccc2)nc(-c2ccccc2)n1. The number of pyridine rings is 1. The molecule has 0 saturated carbocycles. The first kappa shape index (κ1) is 18.3. The molecule has 1 amide bonds. The van der Waals surface area contributed by atoms with Gasteiger partial charge < -0.3 is 10.6 Å². The maximum Gasteiger partial charge on any atom is 0.270 e. The molecule has 0 radical (unpaired) electrons. The van der Waals surface area contributed by atoms with Gasteiger partial charge in [0.2, 0.25) is 0 Å². The summed E-state index contributed by atoms with van der Waals surface area (Å²) < 4.78 is 0. The lowest BCUT2D eigenvalue weighted by Crippen LogP contribution is -2.24. The van der Waals surface area contributed by atoms with E-state index in [9.17, 15) is 4.79 Å². The second-order valence-electron chi connectivity index (χ2n) is 6.32. The first-order valence-electron chi connectivity index (χ1n) is 9.22. The van der Waals surface area contributed by atoms with Crippen molar-refractivity contribution >= 4 is 17.4 Å². The third kappa shape index (κ3) is 4.81. The third-order valence-corrected chi connectivity index (χ3v) is 4.19. The number of carbonyl (C=O) groups is 1. The second-order valence-corrected chi connectivity index (χ2v) is 6.32. The molecule has 0 aliphatic carbocycles. The molecule has 2 N–H and O–H groups in total. The zero-order valence-electron chi connectivity index (χ0n) is 15.6. The molecule has 2 aromatic carbocycles. The number of amides is 1. The Kier molecular flexibility index (Phi) is 5.53. The molecule has 6 nitrogen and oxygen atoms in total. The van der Waals surface area contributed by atoms with Gasteiger partial charge in [-0.05, 0) is 24.3 Å². The predicted molar refractivity (Wildman–Crippen MR) is 113 cm³/mol. The molecule has 142 valence electrons. The summed E-state index contributed by atoms with van der Waals surface area (Å²) in [4.78, 5) is 26.0. The molecular weight excluding hydrogens is 362 g/mol. The molecule has 4 rings (SSSR count). The first-order valence-corrected chi connectivity index (χ1v) is 9.22. The van der Waals surface area contributed by atoms with Crippen LogP contribution < -0.4 is 10.6 Å². The van der Waals surface area contributed by atoms with Crippen LogP contribution in [-0.2, 0) is 6.54 Å². The van der Waals surface area contributed by atoms with E-state index >= 15 is 0 Å². The molecule has 29 heavy (non-hydrogen) atoms. The average molecular weight is 381 g/mol. The number of carbonyl (C=O) groups excluding carboxylic acids is 1. The Labute approximate surface area is 168 Å². The Hall–Kier alpha value is -4.06. The summed E-state index contributed by atoms with van der Waals surface area (Å²) in [5.74, 6) is 0.744. The maximum atomic E-state index is 12.7. The number of nitrogens with zero attached hydrogens (tertiary/aromatic N) is 3. The van der Waals surface area contributed by atoms with Crippen molar-refractivity contribution in [2.24, 2.45) is 0 Å². The Morgan fingerprint density at radius 3 is 2.28 bits per heavy atom. The Morgan fingerprint density at radius 1 is 0.828 bits per heavy atom. The summed E-state index contributed by atoms with van der Waals surface area (Å²) in [6.07, 6.45) is 1.70. The van der Waals surface area contributed by atoms with Gasteiger partial charge in [0.1, 0.15) is 11.5 Å². The lowest BCUT2D eigenvalue weighted by Gasteiger charge is -2.11. The van der Waals surface area contributed by atoms with Crippen LogP contribution in [0.25, 0.3) is 11.4 Å². The van der Waals surface area contributed by atoms with Crippen LogP contribution in [-0.4, -0.2) is 20.9 Å². The van der Waals surface area contributed by atoms with Crippen molar-refractivity contribution in [2.45, 2.75) is 6.54 Å². The van der Waals surface area contributed by atoms with Crippen molar-refractivity contribution in [2.75, 3.05) is 5.32 Å². The summed E-state index contributed by atoms with van der Waals surface area (Å²) in [6, 6.07) is 26.5. The zero-order valence-corrected chi connectivity index (χ0v) is 15.6. The third-order valence-electron chi connectivity index (χ3n) is 4.19. The molecule has 2 heterocycles. The largest absolute Gasteiger partial charge is 0.345 e. The van der Waals surface area contributed by atoms with E-state index in [-0.39, 0.29) is 11.6 Å². The fourth-order valence-corrected chi connectivity index (χ4v) is 2.78. The molecule has 0 fully saturated rings. The van der Waals surface area contributed by atoms with E-state index < -0.39 is 0 Å². The number of para-hydroxylation sites is 1. The molecule has 0 aliphatic heterocycles. The van der Waals surface area contributed by atoms with E-state index in [1.165, 1.54) is 0 Å². The topological polar surface area (TPSA) is 79.8 Å². The first-order chi connectivity index (χ1) is 14.3. The van der Waals surface area contributed by atoms with Crippen LogP contribution >= 0.6 is 0 Å². The molecule has 2 aromatic heterocycles. The highest BCUT2D eigenvalue weighted by Crippen LogP contribution is 2.20. The number of hydrogen-bond donors (Lipinski definition) is 2. The molecule has 4 aromatic rings. The number of aromatic nitrogens is 3. The van der Waals surface area contributed by atoms with Crippen molar-refractivity contribution in [1.82, 2.24) is 20.3 Å². The van der Waals surface area contributed by atoms with Crippen LogP contribution in [0.2, 0.25) is 0 Å². The van der Waals surface area contributed by atoms with E-state index in [2.05, 4.69) is 25.6 Å². The number of hydrogen-bond acceptors (Lipinski definition) is 5. The van der Waals surface area contributed by atoms with Crippen LogP contribution in [0.5, 0.6) is 0 Å². The Bertz CT molecular complexity index is 1090. The minimum atomic E-state index is -0.286. The Morgan fingerprint density at radius 2 is 1.55 bits per heavy atom. The number of anilines is 2. The molecule has 0 spiro atoms. The van der Waals surface area contributed by atoms with Crippen LogP contribution in [0.4, 0.5) is 11.5 Å². The smallest absolute Gasteiger partial charge is 0.270 e. The highest BCUT2D eigenvalue weighted by molar-refractivity contribution is 5.93. The quantitative estimate of drug-likeness (QED) is 0.523. The van der Waals surface area contributed by atoms with E-state index in [1.54, 1.807) is 12.3 Å². The van der Waals surface area contributed by atoms with Gasteiger partial charge in [-0.1, -0.05) is 54.6 Å². The van der Waals surface area contributed by atoms with Crippen LogP contribution in [0, 0.1) is 0 Å². The standard InChI is InChI=1S/C23H19N5O/c29-23(25-16-19-13-7-8-14-24-19)20-15-21(26-18-11-5-2-6-12-18)28-22(27-20)17-9-3-1-4-10-17/h1-15H,16H2,(H,25,29)(H,26,27,28). The van der Waals surface area contributed by atoms with E-state index in [4.69, 9.17) is 0 Å². The van der Waals surface area contributed by atoms with Crippen molar-refractivity contribution in [3.63, 3.8) is 0 Å². The molecule has 0 bridgehead atoms. The highest BCUT2D eigenvalue weighted by Gasteiger charge is 2.13. The molecule has 0 unspecified atom stereocenters. The molecule has 0 aliphatic rings. The van der Waals surface area contributed by atoms with Gasteiger partial charge in [-0.2, -0.15) is 0 Å². The lowest BCUT2D eigenvalue weighted by molar-refractivity contribution is 0.0945. The fourth-order valence-electron chi connectivity index (χ4n) is 2.78. The van der Waals surface area contributed by atoms with Crippen molar-refractivity contribution < 1.29 is 4.79 Å². The summed E-state index contributed by atoms with van der Waals surface area (Å²) in [5.41, 5.74) is 2.78. The predicted octanol–water partition coefficient (Wildman–Crippen LogP) is 4.21. The second kappa shape index (κ2) is 8.75. The van der Waals surface area contributed by atoms with Gasteiger partial charge in [0.05, 0.1) is 12.2 Å². The minimum Gasteiger partial charge on any atom is -0.345 e. The van der Waals surface area contributed by atoms with Gasteiger partial charge >= 0.3 is 0 Å². The highest BCUT2D eigenvalue weighted by atomic mass is 16.1. The molecular formula is C23H19N5O. The van der Waals surface area contributed by atoms with Gasteiger partial charge in [0.15, 0.2) is 5.82 Å². The summed E-state index contributed by atoms with van der Waals surface area (Å²) in [5, 5.41) is 6.11. The maximum absolute atomic E-state index is 12.7. The van der Waals surface area contributed by atoms with Crippen LogP contribution in [0.3, 0.4) is 0 Å². The molecule has 0 saturated heterocycles. The van der Waals surface area contributed by atoms with Crippen molar-refractivity contribution in [3.8, 4) is 11.4 Å². The van der Waals surface area contributed by atoms with Gasteiger partial charge in [-0.3, -0.25) is 9.78 Å². The van der Waals surface area contributed by atoms with E-state index in [1.807, 2.05) is 78.9 Å². The van der Waals surface area contributed by atoms with Gasteiger partial charge in [0, 0.05) is 23.5 Å². The van der Waals surface area contributed by atoms with Gasteiger partial charge in [-0.25, -0.2) is 9.97 Å². The molecule has 6 heteroatoms. The van der Waals surface area contributed by atoms with Gasteiger partial charge in [-0.15, -0.1) is 0 Å². The summed E-state index contributed by atoms with van der Waals surface area (Å²) >= 11 is 0.